The number of thiazole rings is 1. The van der Waals surface area contributed by atoms with Gasteiger partial charge in [0.25, 0.3) is 0 Å². The molecule has 88 valence electrons. The largest absolute Gasteiger partial charge is 0.230 e. The highest BCUT2D eigenvalue weighted by atomic mass is 32.1. The lowest BCUT2D eigenvalue weighted by atomic mass is 10.2. The summed E-state index contributed by atoms with van der Waals surface area (Å²) in [5.41, 5.74) is 2.14. The van der Waals surface area contributed by atoms with Crippen LogP contribution in [0.15, 0.2) is 64.8 Å². The van der Waals surface area contributed by atoms with Gasteiger partial charge in [-0.25, -0.2) is 4.98 Å². The Morgan fingerprint density at radius 3 is 2.56 bits per heavy atom. The SMILES string of the molecule is c1ccc(CN=Nc2nc3ccccc3s2)cc1. The number of hydrogen-bond donors (Lipinski definition) is 0. The lowest BCUT2D eigenvalue weighted by molar-refractivity contribution is 0.956. The quantitative estimate of drug-likeness (QED) is 0.629. The van der Waals surface area contributed by atoms with Crippen LogP contribution in [0.4, 0.5) is 5.13 Å². The minimum absolute atomic E-state index is 0.594. The van der Waals surface area contributed by atoms with Gasteiger partial charge in [0.2, 0.25) is 5.13 Å². The molecule has 4 heteroatoms. The van der Waals surface area contributed by atoms with Crippen molar-refractivity contribution in [1.82, 2.24) is 4.98 Å². The molecule has 18 heavy (non-hydrogen) atoms. The maximum absolute atomic E-state index is 4.40. The van der Waals surface area contributed by atoms with E-state index >= 15 is 0 Å². The number of hydrogen-bond acceptors (Lipinski definition) is 4. The Balaban J connectivity index is 1.76. The molecule has 0 radical (unpaired) electrons. The Hall–Kier alpha value is -2.07. The molecule has 0 saturated heterocycles. The minimum Gasteiger partial charge on any atom is -0.217 e. The average molecular weight is 253 g/mol. The molecule has 0 aliphatic rings. The van der Waals surface area contributed by atoms with Crippen LogP contribution >= 0.6 is 11.3 Å². The van der Waals surface area contributed by atoms with E-state index in [1.165, 1.54) is 0 Å². The van der Waals surface area contributed by atoms with E-state index in [0.717, 1.165) is 15.8 Å². The third-order valence-electron chi connectivity index (χ3n) is 2.53. The van der Waals surface area contributed by atoms with Gasteiger partial charge in [-0.15, -0.1) is 5.11 Å². The number of aromatic nitrogens is 1. The summed E-state index contributed by atoms with van der Waals surface area (Å²) in [6.07, 6.45) is 0. The summed E-state index contributed by atoms with van der Waals surface area (Å²) >= 11 is 1.56. The summed E-state index contributed by atoms with van der Waals surface area (Å²) in [5, 5.41) is 9.07. The Bertz CT molecular complexity index is 641. The summed E-state index contributed by atoms with van der Waals surface area (Å²) in [6, 6.07) is 18.1. The van der Waals surface area contributed by atoms with Gasteiger partial charge in [0.1, 0.15) is 0 Å². The molecular formula is C14H11N3S. The van der Waals surface area contributed by atoms with Gasteiger partial charge in [-0.3, -0.25) is 0 Å². The van der Waals surface area contributed by atoms with Gasteiger partial charge in [0, 0.05) is 0 Å². The van der Waals surface area contributed by atoms with Gasteiger partial charge in [-0.2, -0.15) is 5.11 Å². The van der Waals surface area contributed by atoms with Gasteiger partial charge in [0.15, 0.2) is 0 Å². The van der Waals surface area contributed by atoms with Crippen molar-refractivity contribution < 1.29 is 0 Å². The van der Waals surface area contributed by atoms with Crippen molar-refractivity contribution in [3.05, 3.63) is 60.2 Å². The van der Waals surface area contributed by atoms with Crippen molar-refractivity contribution in [1.29, 1.82) is 0 Å². The number of nitrogens with zero attached hydrogens (tertiary/aromatic N) is 3. The number of fused-ring (bicyclic) bond motifs is 1. The van der Waals surface area contributed by atoms with Gasteiger partial charge >= 0.3 is 0 Å². The molecule has 0 amide bonds. The number of benzene rings is 2. The van der Waals surface area contributed by atoms with Crippen LogP contribution in [0.5, 0.6) is 0 Å². The van der Waals surface area contributed by atoms with Crippen molar-refractivity contribution in [2.75, 3.05) is 0 Å². The van der Waals surface area contributed by atoms with Gasteiger partial charge in [0.05, 0.1) is 16.8 Å². The molecule has 1 aromatic heterocycles. The molecule has 0 N–H and O–H groups in total. The lowest BCUT2D eigenvalue weighted by Gasteiger charge is -1.91. The molecule has 1 heterocycles. The van der Waals surface area contributed by atoms with E-state index in [4.69, 9.17) is 0 Å². The van der Waals surface area contributed by atoms with Crippen LogP contribution in [0.1, 0.15) is 5.56 Å². The predicted molar refractivity (Wildman–Crippen MR) is 74.3 cm³/mol. The predicted octanol–water partition coefficient (Wildman–Crippen LogP) is 4.58. The van der Waals surface area contributed by atoms with Crippen molar-refractivity contribution in [2.24, 2.45) is 10.2 Å². The Labute approximate surface area is 109 Å². The maximum Gasteiger partial charge on any atom is 0.230 e. The minimum atomic E-state index is 0.594. The number of rotatable bonds is 3. The molecule has 0 unspecified atom stereocenters. The van der Waals surface area contributed by atoms with Crippen molar-refractivity contribution in [2.45, 2.75) is 6.54 Å². The Morgan fingerprint density at radius 1 is 0.944 bits per heavy atom. The second-order valence-electron chi connectivity index (χ2n) is 3.85. The van der Waals surface area contributed by atoms with E-state index in [0.29, 0.717) is 11.7 Å². The first kappa shape index (κ1) is 11.0. The Morgan fingerprint density at radius 2 is 1.72 bits per heavy atom. The summed E-state index contributed by atoms with van der Waals surface area (Å²) in [4.78, 5) is 4.40. The molecule has 3 aromatic rings. The molecule has 0 fully saturated rings. The van der Waals surface area contributed by atoms with Crippen LogP contribution in [-0.2, 0) is 6.54 Å². The molecular weight excluding hydrogens is 242 g/mol. The van der Waals surface area contributed by atoms with E-state index < -0.39 is 0 Å². The van der Waals surface area contributed by atoms with Gasteiger partial charge in [-0.1, -0.05) is 53.8 Å². The van der Waals surface area contributed by atoms with Crippen molar-refractivity contribution >= 4 is 26.7 Å². The van der Waals surface area contributed by atoms with E-state index in [1.807, 2.05) is 54.6 Å². The molecule has 0 aliphatic carbocycles. The molecule has 3 rings (SSSR count). The fourth-order valence-electron chi connectivity index (χ4n) is 1.66. The van der Waals surface area contributed by atoms with E-state index in [1.54, 1.807) is 11.3 Å². The highest BCUT2D eigenvalue weighted by Crippen LogP contribution is 2.27. The fraction of sp³-hybridized carbons (Fsp3) is 0.0714. The molecule has 0 aliphatic heterocycles. The zero-order valence-electron chi connectivity index (χ0n) is 9.65. The van der Waals surface area contributed by atoms with Crippen LogP contribution in [0, 0.1) is 0 Å². The van der Waals surface area contributed by atoms with Gasteiger partial charge < -0.3 is 0 Å². The van der Waals surface area contributed by atoms with E-state index in [9.17, 15) is 0 Å². The molecule has 0 atom stereocenters. The normalized spacial score (nSPS) is 11.3. The molecule has 0 saturated carbocycles. The first-order valence-electron chi connectivity index (χ1n) is 5.69. The average Bonchev–Trinajstić information content (AvgIpc) is 2.82. The zero-order valence-corrected chi connectivity index (χ0v) is 10.5. The second kappa shape index (κ2) is 5.06. The molecule has 3 nitrogen and oxygen atoms in total. The fourth-order valence-corrected chi connectivity index (χ4v) is 2.47. The topological polar surface area (TPSA) is 37.6 Å². The molecule has 0 bridgehead atoms. The van der Waals surface area contributed by atoms with Crippen LogP contribution in [0.25, 0.3) is 10.2 Å². The Kier molecular flexibility index (Phi) is 3.10. The molecule has 2 aromatic carbocycles. The van der Waals surface area contributed by atoms with Gasteiger partial charge in [-0.05, 0) is 17.7 Å². The smallest absolute Gasteiger partial charge is 0.217 e. The highest BCUT2D eigenvalue weighted by Gasteiger charge is 2.00. The third kappa shape index (κ3) is 2.43. The summed E-state index contributed by atoms with van der Waals surface area (Å²) in [7, 11) is 0. The van der Waals surface area contributed by atoms with Crippen LogP contribution in [0.2, 0.25) is 0 Å². The zero-order chi connectivity index (χ0) is 12.2. The second-order valence-corrected chi connectivity index (χ2v) is 4.86. The maximum atomic E-state index is 4.40. The van der Waals surface area contributed by atoms with E-state index in [-0.39, 0.29) is 0 Å². The number of para-hydroxylation sites is 1. The first-order chi connectivity index (χ1) is 8.92. The highest BCUT2D eigenvalue weighted by molar-refractivity contribution is 7.21. The summed E-state index contributed by atoms with van der Waals surface area (Å²) in [6.45, 7) is 0.594. The lowest BCUT2D eigenvalue weighted by Crippen LogP contribution is -1.77. The summed E-state index contributed by atoms with van der Waals surface area (Å²) in [5.74, 6) is 0. The van der Waals surface area contributed by atoms with Crippen LogP contribution in [0.3, 0.4) is 0 Å². The third-order valence-corrected chi connectivity index (χ3v) is 3.46. The number of azo groups is 1. The van der Waals surface area contributed by atoms with Crippen molar-refractivity contribution in [3.63, 3.8) is 0 Å². The van der Waals surface area contributed by atoms with Crippen LogP contribution < -0.4 is 0 Å². The standard InChI is InChI=1S/C14H11N3S/c1-2-6-11(7-3-1)10-15-17-14-16-12-8-4-5-9-13(12)18-14/h1-9H,10H2. The monoisotopic (exact) mass is 253 g/mol. The molecule has 0 spiro atoms. The van der Waals surface area contributed by atoms with Crippen LogP contribution in [-0.4, -0.2) is 4.98 Å². The van der Waals surface area contributed by atoms with E-state index in [2.05, 4.69) is 15.2 Å². The summed E-state index contributed by atoms with van der Waals surface area (Å²) < 4.78 is 1.14. The first-order valence-corrected chi connectivity index (χ1v) is 6.50. The van der Waals surface area contributed by atoms with Crippen molar-refractivity contribution in [3.8, 4) is 0 Å².